The number of nitrogens with zero attached hydrogens (tertiary/aromatic N) is 1. The Labute approximate surface area is 106 Å². The monoisotopic (exact) mass is 260 g/mol. The van der Waals surface area contributed by atoms with E-state index in [9.17, 15) is 14.4 Å². The molecule has 2 N–H and O–H groups in total. The van der Waals surface area contributed by atoms with Crippen molar-refractivity contribution in [2.45, 2.75) is 13.8 Å². The van der Waals surface area contributed by atoms with Gasteiger partial charge < -0.3 is 20.1 Å². The number of nitrogens with one attached hydrogen (secondary N) is 1. The maximum absolute atomic E-state index is 11.7. The second-order valence-corrected chi connectivity index (χ2v) is 4.00. The number of ether oxygens (including phenoxy) is 1. The lowest BCUT2D eigenvalue weighted by Gasteiger charge is -2.24. The van der Waals surface area contributed by atoms with E-state index in [-0.39, 0.29) is 38.1 Å². The topological polar surface area (TPSA) is 95.9 Å². The van der Waals surface area contributed by atoms with Crippen molar-refractivity contribution in [3.05, 3.63) is 0 Å². The van der Waals surface area contributed by atoms with Gasteiger partial charge in [-0.1, -0.05) is 6.92 Å². The van der Waals surface area contributed by atoms with Crippen LogP contribution in [0.3, 0.4) is 0 Å². The summed E-state index contributed by atoms with van der Waals surface area (Å²) in [5.74, 6) is -2.12. The van der Waals surface area contributed by atoms with Crippen molar-refractivity contribution in [1.82, 2.24) is 10.2 Å². The number of carboxylic acid groups (broad SMARTS) is 1. The number of carboxylic acids is 1. The van der Waals surface area contributed by atoms with Gasteiger partial charge in [0, 0.05) is 33.7 Å². The fraction of sp³-hybridized carbons (Fsp3) is 0.727. The summed E-state index contributed by atoms with van der Waals surface area (Å²) in [6.07, 6.45) is 0. The first-order valence-electron chi connectivity index (χ1n) is 5.62. The van der Waals surface area contributed by atoms with Gasteiger partial charge in [-0.25, -0.2) is 0 Å². The Balaban J connectivity index is 4.37. The molecule has 0 saturated heterocycles. The summed E-state index contributed by atoms with van der Waals surface area (Å²) in [5, 5.41) is 11.4. The largest absolute Gasteiger partial charge is 0.481 e. The molecule has 2 amide bonds. The predicted octanol–water partition coefficient (Wildman–Crippen LogP) is -0.682. The summed E-state index contributed by atoms with van der Waals surface area (Å²) in [6, 6.07) is 0. The second-order valence-electron chi connectivity index (χ2n) is 4.00. The fourth-order valence-corrected chi connectivity index (χ4v) is 1.31. The lowest BCUT2D eigenvalue weighted by molar-refractivity contribution is -0.144. The van der Waals surface area contributed by atoms with Crippen molar-refractivity contribution >= 4 is 17.8 Å². The summed E-state index contributed by atoms with van der Waals surface area (Å²) in [7, 11) is 1.39. The summed E-state index contributed by atoms with van der Waals surface area (Å²) in [5.41, 5.74) is 0. The molecule has 0 spiro atoms. The molecular formula is C11H20N2O5. The molecule has 104 valence electrons. The van der Waals surface area contributed by atoms with Gasteiger partial charge in [-0.05, 0) is 0 Å². The molecule has 0 aromatic rings. The average molecular weight is 260 g/mol. The summed E-state index contributed by atoms with van der Waals surface area (Å²) in [6.45, 7) is 3.44. The first-order chi connectivity index (χ1) is 8.38. The first kappa shape index (κ1) is 16.4. The van der Waals surface area contributed by atoms with Crippen molar-refractivity contribution < 1.29 is 24.2 Å². The van der Waals surface area contributed by atoms with E-state index in [0.717, 1.165) is 0 Å². The molecule has 7 nitrogen and oxygen atoms in total. The van der Waals surface area contributed by atoms with Crippen LogP contribution in [-0.4, -0.2) is 61.1 Å². The third-order valence-corrected chi connectivity index (χ3v) is 2.29. The molecule has 0 saturated carbocycles. The van der Waals surface area contributed by atoms with E-state index in [2.05, 4.69) is 5.32 Å². The average Bonchev–Trinajstić information content (AvgIpc) is 2.27. The molecule has 0 aliphatic rings. The zero-order valence-corrected chi connectivity index (χ0v) is 10.9. The standard InChI is InChI=1S/C11H20N2O5/c1-8(11(16)17)6-13(10(15)7-18-3)5-4-12-9(2)14/h8H,4-7H2,1-3H3,(H,12,14)(H,16,17). The van der Waals surface area contributed by atoms with E-state index < -0.39 is 11.9 Å². The smallest absolute Gasteiger partial charge is 0.308 e. The first-order valence-corrected chi connectivity index (χ1v) is 5.62. The Kier molecular flexibility index (Phi) is 7.69. The van der Waals surface area contributed by atoms with Gasteiger partial charge >= 0.3 is 5.97 Å². The minimum atomic E-state index is -0.968. The summed E-state index contributed by atoms with van der Waals surface area (Å²) < 4.78 is 4.73. The van der Waals surface area contributed by atoms with Crippen molar-refractivity contribution in [1.29, 1.82) is 0 Å². The second kappa shape index (κ2) is 8.46. The zero-order valence-electron chi connectivity index (χ0n) is 10.9. The van der Waals surface area contributed by atoms with E-state index in [0.29, 0.717) is 0 Å². The van der Waals surface area contributed by atoms with Crippen molar-refractivity contribution in [2.24, 2.45) is 5.92 Å². The van der Waals surface area contributed by atoms with Gasteiger partial charge in [-0.15, -0.1) is 0 Å². The number of carbonyl (C=O) groups is 3. The highest BCUT2D eigenvalue weighted by atomic mass is 16.5. The fourth-order valence-electron chi connectivity index (χ4n) is 1.31. The van der Waals surface area contributed by atoms with Crippen molar-refractivity contribution in [2.75, 3.05) is 33.4 Å². The zero-order chi connectivity index (χ0) is 14.1. The van der Waals surface area contributed by atoms with Crippen molar-refractivity contribution in [3.63, 3.8) is 0 Å². The Morgan fingerprint density at radius 3 is 2.44 bits per heavy atom. The number of amides is 2. The van der Waals surface area contributed by atoms with E-state index in [4.69, 9.17) is 9.84 Å². The molecule has 0 heterocycles. The maximum atomic E-state index is 11.7. The van der Waals surface area contributed by atoms with Crippen LogP contribution in [0.2, 0.25) is 0 Å². The molecule has 0 aromatic carbocycles. The van der Waals surface area contributed by atoms with Gasteiger partial charge in [0.1, 0.15) is 6.61 Å². The van der Waals surface area contributed by atoms with E-state index >= 15 is 0 Å². The molecule has 0 aliphatic carbocycles. The van der Waals surface area contributed by atoms with Crippen LogP contribution in [0.15, 0.2) is 0 Å². The highest BCUT2D eigenvalue weighted by Crippen LogP contribution is 2.01. The molecule has 1 atom stereocenters. The van der Waals surface area contributed by atoms with Gasteiger partial charge in [0.15, 0.2) is 0 Å². The molecule has 0 aliphatic heterocycles. The predicted molar refractivity (Wildman–Crippen MR) is 63.9 cm³/mol. The highest BCUT2D eigenvalue weighted by Gasteiger charge is 2.20. The van der Waals surface area contributed by atoms with Crippen LogP contribution in [0.25, 0.3) is 0 Å². The lowest BCUT2D eigenvalue weighted by Crippen LogP contribution is -2.43. The summed E-state index contributed by atoms with van der Waals surface area (Å²) in [4.78, 5) is 34.5. The Hall–Kier alpha value is -1.63. The summed E-state index contributed by atoms with van der Waals surface area (Å²) >= 11 is 0. The maximum Gasteiger partial charge on any atom is 0.308 e. The van der Waals surface area contributed by atoms with Gasteiger partial charge in [0.25, 0.3) is 0 Å². The number of hydrogen-bond donors (Lipinski definition) is 2. The van der Waals surface area contributed by atoms with Crippen LogP contribution in [0.5, 0.6) is 0 Å². The molecule has 7 heteroatoms. The van der Waals surface area contributed by atoms with E-state index in [1.165, 1.54) is 25.9 Å². The highest BCUT2D eigenvalue weighted by molar-refractivity contribution is 5.78. The van der Waals surface area contributed by atoms with Gasteiger partial charge in [-0.2, -0.15) is 0 Å². The molecule has 0 aromatic heterocycles. The third kappa shape index (κ3) is 6.85. The molecular weight excluding hydrogens is 240 g/mol. The molecule has 18 heavy (non-hydrogen) atoms. The minimum Gasteiger partial charge on any atom is -0.481 e. The van der Waals surface area contributed by atoms with Crippen LogP contribution in [-0.2, 0) is 19.1 Å². The minimum absolute atomic E-state index is 0.0944. The number of methoxy groups -OCH3 is 1. The number of carbonyl (C=O) groups excluding carboxylic acids is 2. The van der Waals surface area contributed by atoms with Gasteiger partial charge in [-0.3, -0.25) is 14.4 Å². The molecule has 1 unspecified atom stereocenters. The van der Waals surface area contributed by atoms with Crippen LogP contribution in [0, 0.1) is 5.92 Å². The third-order valence-electron chi connectivity index (χ3n) is 2.29. The van der Waals surface area contributed by atoms with Gasteiger partial charge in [0.05, 0.1) is 5.92 Å². The Bertz CT molecular complexity index is 306. The van der Waals surface area contributed by atoms with Crippen LogP contribution in [0.4, 0.5) is 0 Å². The SMILES string of the molecule is COCC(=O)N(CCNC(C)=O)CC(C)C(=O)O. The molecule has 0 radical (unpaired) electrons. The molecule has 0 fully saturated rings. The Morgan fingerprint density at radius 1 is 1.39 bits per heavy atom. The molecule has 0 bridgehead atoms. The normalized spacial score (nSPS) is 11.7. The Morgan fingerprint density at radius 2 is 2.00 bits per heavy atom. The van der Waals surface area contributed by atoms with E-state index in [1.807, 2.05) is 0 Å². The van der Waals surface area contributed by atoms with Crippen LogP contribution >= 0.6 is 0 Å². The van der Waals surface area contributed by atoms with E-state index in [1.54, 1.807) is 0 Å². The number of hydrogen-bond acceptors (Lipinski definition) is 4. The number of rotatable bonds is 8. The van der Waals surface area contributed by atoms with Gasteiger partial charge in [0.2, 0.25) is 11.8 Å². The van der Waals surface area contributed by atoms with Crippen LogP contribution in [0.1, 0.15) is 13.8 Å². The lowest BCUT2D eigenvalue weighted by atomic mass is 10.1. The number of aliphatic carboxylic acids is 1. The van der Waals surface area contributed by atoms with Crippen LogP contribution < -0.4 is 5.32 Å². The van der Waals surface area contributed by atoms with Crippen molar-refractivity contribution in [3.8, 4) is 0 Å². The quantitative estimate of drug-likeness (QED) is 0.602. The molecule has 0 rings (SSSR count).